The topological polar surface area (TPSA) is 77.8 Å². The molecule has 1 amide bonds. The normalized spacial score (nSPS) is 11.8. The number of aryl methyl sites for hydroxylation is 1. The van der Waals surface area contributed by atoms with Crippen LogP contribution in [0.1, 0.15) is 75.2 Å². The number of carbonyl (C=O) groups is 3. The van der Waals surface area contributed by atoms with Crippen LogP contribution in [-0.4, -0.2) is 59.5 Å². The molecule has 1 aromatic heterocycles. The summed E-state index contributed by atoms with van der Waals surface area (Å²) in [5.41, 5.74) is 3.65. The van der Waals surface area contributed by atoms with E-state index in [2.05, 4.69) is 0 Å². The molecule has 0 saturated heterocycles. The fraction of sp³-hybridized carbons (Fsp3) is 0.500. The van der Waals surface area contributed by atoms with Crippen LogP contribution in [0.3, 0.4) is 0 Å². The molecule has 0 fully saturated rings. The number of hydrogen-bond acceptors (Lipinski definition) is 5. The third-order valence-corrected chi connectivity index (χ3v) is 5.94. The van der Waals surface area contributed by atoms with Gasteiger partial charge in [-0.25, -0.2) is 4.79 Å². The number of esters is 1. The second kappa shape index (κ2) is 11.8. The highest BCUT2D eigenvalue weighted by molar-refractivity contribution is 6.07. The van der Waals surface area contributed by atoms with Crippen LogP contribution in [-0.2, 0) is 16.5 Å². The predicted molar refractivity (Wildman–Crippen MR) is 128 cm³/mol. The Labute approximate surface area is 196 Å². The number of nitrogens with zero attached hydrogens (tertiary/aromatic N) is 2. The van der Waals surface area contributed by atoms with Gasteiger partial charge in [-0.1, -0.05) is 17.7 Å². The van der Waals surface area contributed by atoms with E-state index in [1.54, 1.807) is 56.3 Å². The third kappa shape index (κ3) is 5.90. The van der Waals surface area contributed by atoms with Crippen LogP contribution in [0.2, 0.25) is 0 Å². The molecule has 0 spiro atoms. The molecule has 1 aromatic carbocycles. The van der Waals surface area contributed by atoms with Crippen LogP contribution in [0, 0.1) is 20.8 Å². The fourth-order valence-electron chi connectivity index (χ4n) is 3.99. The Hall–Kier alpha value is -2.93. The summed E-state index contributed by atoms with van der Waals surface area (Å²) in [6.07, 6.45) is 0.615. The van der Waals surface area contributed by atoms with Gasteiger partial charge >= 0.3 is 5.97 Å². The molecule has 7 heteroatoms. The minimum Gasteiger partial charge on any atom is -0.461 e. The Morgan fingerprint density at radius 2 is 1.67 bits per heavy atom. The first-order chi connectivity index (χ1) is 15.6. The lowest BCUT2D eigenvalue weighted by molar-refractivity contribution is 0.0513. The average Bonchev–Trinajstić information content (AvgIpc) is 3.01. The summed E-state index contributed by atoms with van der Waals surface area (Å²) < 4.78 is 12.3. The lowest BCUT2D eigenvalue weighted by Gasteiger charge is -2.29. The second-order valence-electron chi connectivity index (χ2n) is 8.17. The summed E-state index contributed by atoms with van der Waals surface area (Å²) in [5.74, 6) is -0.867. The van der Waals surface area contributed by atoms with E-state index in [1.165, 1.54) is 0 Å². The van der Waals surface area contributed by atoms with Gasteiger partial charge in [0.05, 0.1) is 12.6 Å². The number of aromatic nitrogens is 1. The molecule has 1 atom stereocenters. The third-order valence-electron chi connectivity index (χ3n) is 5.94. The minimum atomic E-state index is -0.713. The van der Waals surface area contributed by atoms with Crippen LogP contribution < -0.4 is 0 Å². The number of carbonyl (C=O) groups excluding carboxylic acids is 3. The Morgan fingerprint density at radius 3 is 2.24 bits per heavy atom. The van der Waals surface area contributed by atoms with Gasteiger partial charge in [-0.05, 0) is 65.7 Å². The molecular formula is C26H36N2O5. The first kappa shape index (κ1) is 26.3. The highest BCUT2D eigenvalue weighted by Crippen LogP contribution is 2.25. The number of amides is 1. The zero-order valence-corrected chi connectivity index (χ0v) is 20.9. The molecule has 0 aliphatic heterocycles. The Kier molecular flexibility index (Phi) is 9.41. The first-order valence-electron chi connectivity index (χ1n) is 11.5. The molecule has 0 N–H and O–H groups in total. The summed E-state index contributed by atoms with van der Waals surface area (Å²) in [4.78, 5) is 41.1. The highest BCUT2D eigenvalue weighted by Gasteiger charge is 2.32. The molecule has 2 aromatic rings. The molecular weight excluding hydrogens is 420 g/mol. The zero-order valence-electron chi connectivity index (χ0n) is 20.9. The van der Waals surface area contributed by atoms with Gasteiger partial charge in [-0.3, -0.25) is 9.59 Å². The Balaban J connectivity index is 2.40. The van der Waals surface area contributed by atoms with Gasteiger partial charge in [0.15, 0.2) is 5.78 Å². The van der Waals surface area contributed by atoms with Crippen LogP contribution in [0.4, 0.5) is 0 Å². The molecule has 0 aliphatic carbocycles. The summed E-state index contributed by atoms with van der Waals surface area (Å²) in [5, 5.41) is 0. The van der Waals surface area contributed by atoms with E-state index in [9.17, 15) is 14.4 Å². The van der Waals surface area contributed by atoms with Gasteiger partial charge in [0.25, 0.3) is 5.91 Å². The van der Waals surface area contributed by atoms with Crippen LogP contribution in [0.15, 0.2) is 24.3 Å². The van der Waals surface area contributed by atoms with Crippen molar-refractivity contribution in [2.24, 2.45) is 7.05 Å². The van der Waals surface area contributed by atoms with E-state index >= 15 is 0 Å². The molecule has 7 nitrogen and oxygen atoms in total. The standard InChI is InChI=1S/C26H36N2O5/c1-8-32-16-10-15-28(25(30)21-13-11-17(3)12-14-21)20(6)24(29)22-18(4)23(26(31)33-9-2)27(7)19(22)5/h11-14,20H,8-10,15-16H2,1-7H3. The number of rotatable bonds is 11. The fourth-order valence-corrected chi connectivity index (χ4v) is 3.99. The van der Waals surface area contributed by atoms with Crippen molar-refractivity contribution in [2.45, 2.75) is 54.0 Å². The number of hydrogen-bond donors (Lipinski definition) is 0. The van der Waals surface area contributed by atoms with Crippen LogP contribution in [0.25, 0.3) is 0 Å². The summed E-state index contributed by atoms with van der Waals surface area (Å²) in [7, 11) is 1.74. The molecule has 0 aliphatic rings. The van der Waals surface area contributed by atoms with Crippen molar-refractivity contribution in [3.8, 4) is 0 Å². The number of benzene rings is 1. The van der Waals surface area contributed by atoms with E-state index < -0.39 is 12.0 Å². The van der Waals surface area contributed by atoms with Crippen molar-refractivity contribution in [1.29, 1.82) is 0 Å². The van der Waals surface area contributed by atoms with E-state index in [1.807, 2.05) is 26.0 Å². The van der Waals surface area contributed by atoms with Gasteiger partial charge < -0.3 is 18.9 Å². The summed E-state index contributed by atoms with van der Waals surface area (Å²) in [6, 6.07) is 6.62. The molecule has 33 heavy (non-hydrogen) atoms. The first-order valence-corrected chi connectivity index (χ1v) is 11.5. The number of ketones is 1. The largest absolute Gasteiger partial charge is 0.461 e. The van der Waals surface area contributed by atoms with Gasteiger partial charge in [0.1, 0.15) is 5.69 Å². The lowest BCUT2D eigenvalue weighted by atomic mass is 9.99. The van der Waals surface area contributed by atoms with Crippen molar-refractivity contribution in [3.63, 3.8) is 0 Å². The Bertz CT molecular complexity index is 991. The molecule has 1 heterocycles. The molecule has 0 saturated carbocycles. The quantitative estimate of drug-likeness (QED) is 0.287. The zero-order chi connectivity index (χ0) is 24.7. The van der Waals surface area contributed by atoms with Crippen molar-refractivity contribution in [1.82, 2.24) is 9.47 Å². The maximum absolute atomic E-state index is 13.7. The summed E-state index contributed by atoms with van der Waals surface area (Å²) in [6.45, 7) is 12.7. The number of ether oxygens (including phenoxy) is 2. The van der Waals surface area contributed by atoms with E-state index in [0.29, 0.717) is 54.3 Å². The maximum atomic E-state index is 13.7. The molecule has 180 valence electrons. The van der Waals surface area contributed by atoms with Crippen LogP contribution in [0.5, 0.6) is 0 Å². The highest BCUT2D eigenvalue weighted by atomic mass is 16.5. The molecule has 2 rings (SSSR count). The van der Waals surface area contributed by atoms with E-state index in [0.717, 1.165) is 5.56 Å². The van der Waals surface area contributed by atoms with Gasteiger partial charge in [-0.15, -0.1) is 0 Å². The van der Waals surface area contributed by atoms with Crippen molar-refractivity contribution in [2.75, 3.05) is 26.4 Å². The monoisotopic (exact) mass is 456 g/mol. The SMILES string of the molecule is CCOCCCN(C(=O)c1ccc(C)cc1)C(C)C(=O)c1c(C)c(C(=O)OCC)n(C)c1C. The van der Waals surface area contributed by atoms with Gasteiger partial charge in [0, 0.05) is 43.6 Å². The Morgan fingerprint density at radius 1 is 1.03 bits per heavy atom. The van der Waals surface area contributed by atoms with Gasteiger partial charge in [-0.2, -0.15) is 0 Å². The smallest absolute Gasteiger partial charge is 0.355 e. The van der Waals surface area contributed by atoms with Crippen molar-refractivity contribution < 1.29 is 23.9 Å². The molecule has 1 unspecified atom stereocenters. The van der Waals surface area contributed by atoms with Crippen molar-refractivity contribution >= 4 is 17.7 Å². The molecule has 0 radical (unpaired) electrons. The van der Waals surface area contributed by atoms with Crippen LogP contribution >= 0.6 is 0 Å². The lowest BCUT2D eigenvalue weighted by Crippen LogP contribution is -2.44. The predicted octanol–water partition coefficient (Wildman–Crippen LogP) is 4.27. The van der Waals surface area contributed by atoms with E-state index in [4.69, 9.17) is 9.47 Å². The molecule has 0 bridgehead atoms. The summed E-state index contributed by atoms with van der Waals surface area (Å²) >= 11 is 0. The second-order valence-corrected chi connectivity index (χ2v) is 8.17. The van der Waals surface area contributed by atoms with E-state index in [-0.39, 0.29) is 18.3 Å². The minimum absolute atomic E-state index is 0.201. The average molecular weight is 457 g/mol. The maximum Gasteiger partial charge on any atom is 0.355 e. The number of Topliss-reactive ketones (excluding diaryl/α,β-unsaturated/α-hetero) is 1. The van der Waals surface area contributed by atoms with Crippen molar-refractivity contribution in [3.05, 3.63) is 57.9 Å². The van der Waals surface area contributed by atoms with Gasteiger partial charge in [0.2, 0.25) is 0 Å².